The van der Waals surface area contributed by atoms with Crippen LogP contribution in [0.3, 0.4) is 0 Å². The molecular weight excluding hydrogens is 270 g/mol. The Bertz CT molecular complexity index is 585. The number of anilines is 1. The first-order chi connectivity index (χ1) is 10.8. The van der Waals surface area contributed by atoms with E-state index < -0.39 is 0 Å². The summed E-state index contributed by atoms with van der Waals surface area (Å²) in [5.41, 5.74) is 3.76. The van der Waals surface area contributed by atoms with E-state index in [9.17, 15) is 0 Å². The van der Waals surface area contributed by atoms with Crippen molar-refractivity contribution in [1.82, 2.24) is 0 Å². The van der Waals surface area contributed by atoms with Gasteiger partial charge in [-0.25, -0.2) is 0 Å². The lowest BCUT2D eigenvalue weighted by Crippen LogP contribution is -2.13. The molecule has 0 amide bonds. The van der Waals surface area contributed by atoms with Crippen molar-refractivity contribution in [1.29, 1.82) is 0 Å². The van der Waals surface area contributed by atoms with E-state index in [4.69, 9.17) is 4.74 Å². The fraction of sp³-hybridized carbons (Fsp3) is 0.400. The highest BCUT2D eigenvalue weighted by Gasteiger charge is 2.17. The first-order valence-electron chi connectivity index (χ1n) is 8.42. The van der Waals surface area contributed by atoms with Crippen molar-refractivity contribution in [2.24, 2.45) is 0 Å². The molecule has 0 radical (unpaired) electrons. The lowest BCUT2D eigenvalue weighted by Gasteiger charge is -2.17. The third-order valence-electron chi connectivity index (χ3n) is 4.41. The average Bonchev–Trinajstić information content (AvgIpc) is 3.07. The van der Waals surface area contributed by atoms with Gasteiger partial charge in [0.05, 0.1) is 6.10 Å². The van der Waals surface area contributed by atoms with Crippen molar-refractivity contribution in [3.05, 3.63) is 59.7 Å². The summed E-state index contributed by atoms with van der Waals surface area (Å²) >= 11 is 0. The van der Waals surface area contributed by atoms with Gasteiger partial charge in [-0.2, -0.15) is 0 Å². The van der Waals surface area contributed by atoms with Gasteiger partial charge in [0.2, 0.25) is 0 Å². The SMILES string of the molecule is CCc1ccc(NCc2ccccc2OC2CCCC2)cc1. The van der Waals surface area contributed by atoms with Crippen molar-refractivity contribution in [3.63, 3.8) is 0 Å². The standard InChI is InChI=1S/C20H25NO/c1-2-16-11-13-18(14-12-16)21-15-17-7-3-6-10-20(17)22-19-8-4-5-9-19/h3,6-7,10-14,19,21H,2,4-5,8-9,15H2,1H3. The van der Waals surface area contributed by atoms with Crippen LogP contribution in [-0.4, -0.2) is 6.10 Å². The maximum absolute atomic E-state index is 6.19. The highest BCUT2D eigenvalue weighted by Crippen LogP contribution is 2.27. The third-order valence-corrected chi connectivity index (χ3v) is 4.41. The van der Waals surface area contributed by atoms with Crippen LogP contribution < -0.4 is 10.1 Å². The molecule has 2 aromatic rings. The molecule has 0 bridgehead atoms. The Morgan fingerprint density at radius 3 is 2.45 bits per heavy atom. The molecule has 1 fully saturated rings. The van der Waals surface area contributed by atoms with Gasteiger partial charge in [-0.05, 0) is 55.9 Å². The van der Waals surface area contributed by atoms with Crippen LogP contribution in [0.2, 0.25) is 0 Å². The van der Waals surface area contributed by atoms with E-state index in [0.717, 1.165) is 24.4 Å². The second-order valence-electron chi connectivity index (χ2n) is 6.04. The summed E-state index contributed by atoms with van der Waals surface area (Å²) in [4.78, 5) is 0. The van der Waals surface area contributed by atoms with E-state index in [1.54, 1.807) is 0 Å². The molecule has 2 heteroatoms. The Kier molecular flexibility index (Phi) is 4.99. The second kappa shape index (κ2) is 7.35. The molecule has 0 saturated heterocycles. The average molecular weight is 295 g/mol. The highest BCUT2D eigenvalue weighted by atomic mass is 16.5. The van der Waals surface area contributed by atoms with E-state index in [1.807, 2.05) is 0 Å². The molecule has 0 heterocycles. The van der Waals surface area contributed by atoms with Crippen molar-refractivity contribution >= 4 is 5.69 Å². The van der Waals surface area contributed by atoms with Crippen LogP contribution in [0.1, 0.15) is 43.7 Å². The molecule has 0 atom stereocenters. The van der Waals surface area contributed by atoms with Crippen molar-refractivity contribution < 1.29 is 4.74 Å². The Balaban J connectivity index is 1.63. The summed E-state index contributed by atoms with van der Waals surface area (Å²) < 4.78 is 6.19. The zero-order chi connectivity index (χ0) is 15.2. The van der Waals surface area contributed by atoms with Crippen LogP contribution in [0.25, 0.3) is 0 Å². The van der Waals surface area contributed by atoms with Crippen LogP contribution in [0, 0.1) is 0 Å². The fourth-order valence-corrected chi connectivity index (χ4v) is 3.01. The molecule has 0 aliphatic heterocycles. The van der Waals surface area contributed by atoms with Crippen molar-refractivity contribution in [3.8, 4) is 5.75 Å². The fourth-order valence-electron chi connectivity index (χ4n) is 3.01. The zero-order valence-electron chi connectivity index (χ0n) is 13.3. The molecule has 1 N–H and O–H groups in total. The maximum Gasteiger partial charge on any atom is 0.124 e. The quantitative estimate of drug-likeness (QED) is 0.792. The first kappa shape index (κ1) is 15.0. The van der Waals surface area contributed by atoms with Gasteiger partial charge in [-0.1, -0.05) is 37.3 Å². The van der Waals surface area contributed by atoms with Crippen LogP contribution in [-0.2, 0) is 13.0 Å². The lowest BCUT2D eigenvalue weighted by molar-refractivity contribution is 0.208. The van der Waals surface area contributed by atoms with Crippen LogP contribution in [0.5, 0.6) is 5.75 Å². The molecule has 2 aromatic carbocycles. The minimum absolute atomic E-state index is 0.407. The predicted molar refractivity (Wildman–Crippen MR) is 92.5 cm³/mol. The first-order valence-corrected chi connectivity index (χ1v) is 8.42. The summed E-state index contributed by atoms with van der Waals surface area (Å²) in [6.07, 6.45) is 6.48. The number of nitrogens with one attached hydrogen (secondary N) is 1. The minimum Gasteiger partial charge on any atom is -0.490 e. The third kappa shape index (κ3) is 3.82. The smallest absolute Gasteiger partial charge is 0.124 e. The minimum atomic E-state index is 0.407. The van der Waals surface area contributed by atoms with E-state index in [0.29, 0.717) is 6.10 Å². The van der Waals surface area contributed by atoms with E-state index in [1.165, 1.54) is 36.8 Å². The van der Waals surface area contributed by atoms with E-state index in [-0.39, 0.29) is 0 Å². The molecule has 116 valence electrons. The number of ether oxygens (including phenoxy) is 1. The molecule has 1 saturated carbocycles. The Labute approximate surface area is 133 Å². The van der Waals surface area contributed by atoms with Gasteiger partial charge < -0.3 is 10.1 Å². The van der Waals surface area contributed by atoms with Crippen LogP contribution in [0.15, 0.2) is 48.5 Å². The van der Waals surface area contributed by atoms with Crippen molar-refractivity contribution in [2.75, 3.05) is 5.32 Å². The summed E-state index contributed by atoms with van der Waals surface area (Å²) in [5.74, 6) is 1.03. The summed E-state index contributed by atoms with van der Waals surface area (Å²) in [7, 11) is 0. The molecule has 0 spiro atoms. The summed E-state index contributed by atoms with van der Waals surface area (Å²) in [6.45, 7) is 2.98. The molecule has 1 aliphatic rings. The van der Waals surface area contributed by atoms with Gasteiger partial charge in [0, 0.05) is 17.8 Å². The predicted octanol–water partition coefficient (Wildman–Crippen LogP) is 5.18. The van der Waals surface area contributed by atoms with Gasteiger partial charge in [-0.3, -0.25) is 0 Å². The number of para-hydroxylation sites is 1. The molecule has 0 unspecified atom stereocenters. The topological polar surface area (TPSA) is 21.3 Å². The van der Waals surface area contributed by atoms with Gasteiger partial charge in [0.25, 0.3) is 0 Å². The summed E-state index contributed by atoms with van der Waals surface area (Å²) in [5, 5.41) is 3.50. The number of rotatable bonds is 6. The lowest BCUT2D eigenvalue weighted by atomic mass is 10.1. The molecule has 2 nitrogen and oxygen atoms in total. The van der Waals surface area contributed by atoms with Crippen LogP contribution >= 0.6 is 0 Å². The Morgan fingerprint density at radius 1 is 1.00 bits per heavy atom. The Hall–Kier alpha value is -1.96. The molecular formula is C20H25NO. The number of benzene rings is 2. The largest absolute Gasteiger partial charge is 0.490 e. The zero-order valence-corrected chi connectivity index (χ0v) is 13.3. The van der Waals surface area contributed by atoms with Crippen LogP contribution in [0.4, 0.5) is 5.69 Å². The molecule has 1 aliphatic carbocycles. The van der Waals surface area contributed by atoms with Gasteiger partial charge in [0.15, 0.2) is 0 Å². The monoisotopic (exact) mass is 295 g/mol. The van der Waals surface area contributed by atoms with E-state index in [2.05, 4.69) is 60.8 Å². The van der Waals surface area contributed by atoms with Gasteiger partial charge >= 0.3 is 0 Å². The summed E-state index contributed by atoms with van der Waals surface area (Å²) in [6, 6.07) is 17.1. The Morgan fingerprint density at radius 2 is 1.73 bits per heavy atom. The molecule has 22 heavy (non-hydrogen) atoms. The molecule has 0 aromatic heterocycles. The van der Waals surface area contributed by atoms with Gasteiger partial charge in [-0.15, -0.1) is 0 Å². The number of aryl methyl sites for hydroxylation is 1. The van der Waals surface area contributed by atoms with E-state index >= 15 is 0 Å². The second-order valence-corrected chi connectivity index (χ2v) is 6.04. The van der Waals surface area contributed by atoms with Crippen molar-refractivity contribution in [2.45, 2.75) is 51.7 Å². The number of hydrogen-bond donors (Lipinski definition) is 1. The number of hydrogen-bond acceptors (Lipinski definition) is 2. The maximum atomic E-state index is 6.19. The molecule has 3 rings (SSSR count). The normalized spacial score (nSPS) is 15.0. The highest BCUT2D eigenvalue weighted by molar-refractivity contribution is 5.46. The van der Waals surface area contributed by atoms with Gasteiger partial charge in [0.1, 0.15) is 5.75 Å².